The van der Waals surface area contributed by atoms with Crippen molar-refractivity contribution in [2.45, 2.75) is 32.4 Å². The van der Waals surface area contributed by atoms with Crippen LogP contribution < -0.4 is 0 Å². The first-order valence-corrected chi connectivity index (χ1v) is 7.89. The molecule has 1 aromatic heterocycles. The summed E-state index contributed by atoms with van der Waals surface area (Å²) in [6.07, 6.45) is 7.95. The number of piperidine rings is 1. The summed E-state index contributed by atoms with van der Waals surface area (Å²) in [4.78, 5) is 13.8. The standard InChI is InChI=1S/C16H26N4O/c1-19-7-5-16(12-19)4-3-6-20(13-16)10-14-8-17-15(11-21-2)18-9-14/h8-9H,3-7,10-13H2,1-2H3/t16-/m0/s1. The summed E-state index contributed by atoms with van der Waals surface area (Å²) in [5.41, 5.74) is 1.74. The molecule has 5 heteroatoms. The Morgan fingerprint density at radius 3 is 2.67 bits per heavy atom. The van der Waals surface area contributed by atoms with Crippen LogP contribution in [-0.4, -0.2) is 60.1 Å². The number of aromatic nitrogens is 2. The fraction of sp³-hybridized carbons (Fsp3) is 0.750. The average molecular weight is 290 g/mol. The average Bonchev–Trinajstić information content (AvgIpc) is 2.82. The van der Waals surface area contributed by atoms with Gasteiger partial charge in [0.15, 0.2) is 5.82 Å². The lowest BCUT2D eigenvalue weighted by Crippen LogP contribution is -2.44. The topological polar surface area (TPSA) is 41.5 Å². The molecule has 116 valence electrons. The van der Waals surface area contributed by atoms with E-state index in [1.165, 1.54) is 51.0 Å². The summed E-state index contributed by atoms with van der Waals surface area (Å²) in [6.45, 7) is 6.38. The minimum atomic E-state index is 0.486. The zero-order valence-corrected chi connectivity index (χ0v) is 13.2. The summed E-state index contributed by atoms with van der Waals surface area (Å²) in [7, 11) is 3.92. The SMILES string of the molecule is COCc1ncc(CN2CCC[C@@]3(CCN(C)C3)C2)cn1. The second-order valence-electron chi connectivity index (χ2n) is 6.74. The van der Waals surface area contributed by atoms with E-state index in [4.69, 9.17) is 4.74 Å². The van der Waals surface area contributed by atoms with Crippen molar-refractivity contribution in [3.8, 4) is 0 Å². The lowest BCUT2D eigenvalue weighted by atomic mass is 9.79. The van der Waals surface area contributed by atoms with Crippen LogP contribution in [0.25, 0.3) is 0 Å². The van der Waals surface area contributed by atoms with E-state index in [9.17, 15) is 0 Å². The van der Waals surface area contributed by atoms with E-state index in [1.54, 1.807) is 7.11 Å². The number of rotatable bonds is 4. The molecule has 3 heterocycles. The molecule has 5 nitrogen and oxygen atoms in total. The van der Waals surface area contributed by atoms with E-state index in [-0.39, 0.29) is 0 Å². The van der Waals surface area contributed by atoms with Crippen LogP contribution in [-0.2, 0) is 17.9 Å². The molecule has 1 spiro atoms. The molecule has 0 unspecified atom stereocenters. The molecule has 0 N–H and O–H groups in total. The zero-order valence-electron chi connectivity index (χ0n) is 13.2. The van der Waals surface area contributed by atoms with Gasteiger partial charge in [0, 0.05) is 44.7 Å². The third-order valence-electron chi connectivity index (χ3n) is 4.81. The van der Waals surface area contributed by atoms with Crippen molar-refractivity contribution in [3.63, 3.8) is 0 Å². The van der Waals surface area contributed by atoms with Crippen LogP contribution in [0.3, 0.4) is 0 Å². The van der Waals surface area contributed by atoms with E-state index >= 15 is 0 Å². The second kappa shape index (κ2) is 6.38. The van der Waals surface area contributed by atoms with Gasteiger partial charge in [-0.05, 0) is 44.8 Å². The molecule has 0 aromatic carbocycles. The molecular formula is C16H26N4O. The Bertz CT molecular complexity index is 460. The number of hydrogen-bond acceptors (Lipinski definition) is 5. The summed E-state index contributed by atoms with van der Waals surface area (Å²) >= 11 is 0. The first kappa shape index (κ1) is 14.9. The molecule has 0 amide bonds. The van der Waals surface area contributed by atoms with Crippen LogP contribution >= 0.6 is 0 Å². The molecule has 2 aliphatic heterocycles. The summed E-state index contributed by atoms with van der Waals surface area (Å²) in [6, 6.07) is 0. The Labute approximate surface area is 127 Å². The molecule has 2 saturated heterocycles. The molecule has 21 heavy (non-hydrogen) atoms. The van der Waals surface area contributed by atoms with E-state index in [0.29, 0.717) is 12.0 Å². The highest BCUT2D eigenvalue weighted by Gasteiger charge is 2.39. The van der Waals surface area contributed by atoms with Gasteiger partial charge in [-0.1, -0.05) is 0 Å². The first-order chi connectivity index (χ1) is 10.2. The lowest BCUT2D eigenvalue weighted by Gasteiger charge is -2.40. The number of likely N-dealkylation sites (tertiary alicyclic amines) is 2. The zero-order chi connectivity index (χ0) is 14.7. The number of hydrogen-bond donors (Lipinski definition) is 0. The Hall–Kier alpha value is -1.04. The van der Waals surface area contributed by atoms with Crippen LogP contribution in [0.2, 0.25) is 0 Å². The maximum atomic E-state index is 5.05. The van der Waals surface area contributed by atoms with E-state index in [1.807, 2.05) is 12.4 Å². The van der Waals surface area contributed by atoms with Gasteiger partial charge in [-0.25, -0.2) is 9.97 Å². The van der Waals surface area contributed by atoms with Gasteiger partial charge in [-0.2, -0.15) is 0 Å². The van der Waals surface area contributed by atoms with Crippen molar-refractivity contribution < 1.29 is 4.74 Å². The summed E-state index contributed by atoms with van der Waals surface area (Å²) < 4.78 is 5.05. The van der Waals surface area contributed by atoms with Crippen LogP contribution in [0, 0.1) is 5.41 Å². The Morgan fingerprint density at radius 2 is 2.00 bits per heavy atom. The summed E-state index contributed by atoms with van der Waals surface area (Å²) in [5, 5.41) is 0. The molecule has 0 radical (unpaired) electrons. The van der Waals surface area contributed by atoms with Crippen LogP contribution in [0.4, 0.5) is 0 Å². The first-order valence-electron chi connectivity index (χ1n) is 7.89. The van der Waals surface area contributed by atoms with Gasteiger partial charge in [0.1, 0.15) is 6.61 Å². The van der Waals surface area contributed by atoms with Gasteiger partial charge in [-0.3, -0.25) is 4.90 Å². The molecule has 0 aliphatic carbocycles. The maximum absolute atomic E-state index is 5.05. The largest absolute Gasteiger partial charge is 0.377 e. The Balaban J connectivity index is 1.59. The third-order valence-corrected chi connectivity index (χ3v) is 4.81. The third kappa shape index (κ3) is 3.59. The van der Waals surface area contributed by atoms with Crippen LogP contribution in [0.5, 0.6) is 0 Å². The lowest BCUT2D eigenvalue weighted by molar-refractivity contribution is 0.0897. The van der Waals surface area contributed by atoms with Crippen molar-refractivity contribution in [1.82, 2.24) is 19.8 Å². The molecule has 0 bridgehead atoms. The predicted octanol–water partition coefficient (Wildman–Crippen LogP) is 1.54. The number of methoxy groups -OCH3 is 1. The fourth-order valence-corrected chi connectivity index (χ4v) is 3.86. The number of nitrogens with zero attached hydrogens (tertiary/aromatic N) is 4. The molecule has 2 aliphatic rings. The van der Waals surface area contributed by atoms with Gasteiger partial charge in [-0.15, -0.1) is 0 Å². The van der Waals surface area contributed by atoms with Crippen molar-refractivity contribution in [3.05, 3.63) is 23.8 Å². The van der Waals surface area contributed by atoms with E-state index in [2.05, 4.69) is 26.8 Å². The Morgan fingerprint density at radius 1 is 1.19 bits per heavy atom. The van der Waals surface area contributed by atoms with Crippen LogP contribution in [0.1, 0.15) is 30.7 Å². The molecule has 1 aromatic rings. The van der Waals surface area contributed by atoms with E-state index < -0.39 is 0 Å². The van der Waals surface area contributed by atoms with E-state index in [0.717, 1.165) is 12.4 Å². The van der Waals surface area contributed by atoms with Crippen molar-refractivity contribution >= 4 is 0 Å². The normalized spacial score (nSPS) is 27.5. The molecule has 0 saturated carbocycles. The highest BCUT2D eigenvalue weighted by atomic mass is 16.5. The van der Waals surface area contributed by atoms with Gasteiger partial charge >= 0.3 is 0 Å². The van der Waals surface area contributed by atoms with Gasteiger partial charge in [0.2, 0.25) is 0 Å². The van der Waals surface area contributed by atoms with Crippen molar-refractivity contribution in [2.75, 3.05) is 40.3 Å². The van der Waals surface area contributed by atoms with Crippen molar-refractivity contribution in [1.29, 1.82) is 0 Å². The van der Waals surface area contributed by atoms with Crippen molar-refractivity contribution in [2.24, 2.45) is 5.41 Å². The maximum Gasteiger partial charge on any atom is 0.153 e. The highest BCUT2D eigenvalue weighted by molar-refractivity contribution is 5.06. The monoisotopic (exact) mass is 290 g/mol. The molecule has 2 fully saturated rings. The minimum Gasteiger partial charge on any atom is -0.377 e. The highest BCUT2D eigenvalue weighted by Crippen LogP contribution is 2.38. The smallest absolute Gasteiger partial charge is 0.153 e. The summed E-state index contributed by atoms with van der Waals surface area (Å²) in [5.74, 6) is 0.758. The molecule has 1 atom stereocenters. The molecule has 3 rings (SSSR count). The Kier molecular flexibility index (Phi) is 4.52. The number of ether oxygens (including phenoxy) is 1. The van der Waals surface area contributed by atoms with Crippen LogP contribution in [0.15, 0.2) is 12.4 Å². The minimum absolute atomic E-state index is 0.486. The quantitative estimate of drug-likeness (QED) is 0.841. The fourth-order valence-electron chi connectivity index (χ4n) is 3.86. The van der Waals surface area contributed by atoms with Gasteiger partial charge < -0.3 is 9.64 Å². The van der Waals surface area contributed by atoms with Gasteiger partial charge in [0.25, 0.3) is 0 Å². The van der Waals surface area contributed by atoms with Gasteiger partial charge in [0.05, 0.1) is 0 Å². The predicted molar refractivity (Wildman–Crippen MR) is 81.8 cm³/mol. The second-order valence-corrected chi connectivity index (χ2v) is 6.74. The molecular weight excluding hydrogens is 264 g/mol.